The standard InChI is InChI=1S/C24H37N3O4/c1-22(2,3)30-20(28)25-27(21(29)31-23(4,5)6)19-14-24(15-19)12-13-26(17-24)16-18-10-8-7-9-11-18/h7-11,19H,12-17H2,1-6H3,(H,25,28). The number of carbonyl (C=O) groups is 2. The lowest BCUT2D eigenvalue weighted by atomic mass is 9.64. The van der Waals surface area contributed by atoms with E-state index in [9.17, 15) is 9.59 Å². The first kappa shape index (κ1) is 23.4. The molecular formula is C24H37N3O4. The normalized spacial score (nSPS) is 23.9. The molecule has 1 heterocycles. The third-order valence-electron chi connectivity index (χ3n) is 5.67. The highest BCUT2D eigenvalue weighted by molar-refractivity contribution is 5.74. The number of hydrogen-bond acceptors (Lipinski definition) is 5. The van der Waals surface area contributed by atoms with Crippen molar-refractivity contribution in [3.05, 3.63) is 35.9 Å². The Kier molecular flexibility index (Phi) is 6.56. The monoisotopic (exact) mass is 431 g/mol. The van der Waals surface area contributed by atoms with E-state index in [2.05, 4.69) is 34.6 Å². The first-order valence-corrected chi connectivity index (χ1v) is 11.1. The minimum Gasteiger partial charge on any atom is -0.443 e. The maximum absolute atomic E-state index is 12.8. The summed E-state index contributed by atoms with van der Waals surface area (Å²) in [4.78, 5) is 27.7. The van der Waals surface area contributed by atoms with Crippen LogP contribution in [-0.2, 0) is 16.0 Å². The summed E-state index contributed by atoms with van der Waals surface area (Å²) in [6, 6.07) is 10.4. The van der Waals surface area contributed by atoms with Crippen LogP contribution in [0.3, 0.4) is 0 Å². The molecule has 7 heteroatoms. The topological polar surface area (TPSA) is 71.1 Å². The van der Waals surface area contributed by atoms with Gasteiger partial charge in [0.15, 0.2) is 0 Å². The number of benzene rings is 1. The Morgan fingerprint density at radius 3 is 2.26 bits per heavy atom. The molecule has 1 N–H and O–H groups in total. The van der Waals surface area contributed by atoms with Crippen LogP contribution in [0.15, 0.2) is 30.3 Å². The van der Waals surface area contributed by atoms with Crippen LogP contribution in [0, 0.1) is 5.41 Å². The minimum absolute atomic E-state index is 0.0981. The fourth-order valence-electron chi connectivity index (χ4n) is 4.46. The molecule has 2 aliphatic rings. The van der Waals surface area contributed by atoms with E-state index in [0.29, 0.717) is 0 Å². The average molecular weight is 432 g/mol. The molecule has 3 rings (SSSR count). The molecule has 1 aliphatic carbocycles. The van der Waals surface area contributed by atoms with E-state index in [1.807, 2.05) is 26.8 Å². The Labute approximate surface area is 186 Å². The Morgan fingerprint density at radius 1 is 1.06 bits per heavy atom. The van der Waals surface area contributed by atoms with Gasteiger partial charge in [0, 0.05) is 13.1 Å². The molecule has 31 heavy (non-hydrogen) atoms. The fourth-order valence-corrected chi connectivity index (χ4v) is 4.46. The number of nitrogens with one attached hydrogen (secondary N) is 1. The van der Waals surface area contributed by atoms with Crippen LogP contribution < -0.4 is 5.43 Å². The SMILES string of the molecule is CC(C)(C)OC(=O)NN(C(=O)OC(C)(C)C)C1CC2(CCN(Cc3ccccc3)C2)C1. The van der Waals surface area contributed by atoms with Gasteiger partial charge in [-0.2, -0.15) is 0 Å². The van der Waals surface area contributed by atoms with Gasteiger partial charge in [-0.3, -0.25) is 4.90 Å². The quantitative estimate of drug-likeness (QED) is 0.702. The van der Waals surface area contributed by atoms with Crippen molar-refractivity contribution in [3.8, 4) is 0 Å². The molecule has 0 radical (unpaired) electrons. The van der Waals surface area contributed by atoms with Crippen molar-refractivity contribution in [3.63, 3.8) is 0 Å². The van der Waals surface area contributed by atoms with Crippen molar-refractivity contribution in [1.82, 2.24) is 15.3 Å². The molecule has 1 aromatic carbocycles. The summed E-state index contributed by atoms with van der Waals surface area (Å²) in [5, 5.41) is 1.34. The third kappa shape index (κ3) is 6.60. The number of nitrogens with zero attached hydrogens (tertiary/aromatic N) is 2. The molecule has 0 aromatic heterocycles. The zero-order valence-corrected chi connectivity index (χ0v) is 19.7. The molecule has 2 amide bonds. The molecule has 1 aliphatic heterocycles. The minimum atomic E-state index is -0.647. The number of likely N-dealkylation sites (tertiary alicyclic amines) is 1. The van der Waals surface area contributed by atoms with Gasteiger partial charge in [-0.15, -0.1) is 0 Å². The van der Waals surface area contributed by atoms with Gasteiger partial charge in [-0.25, -0.2) is 20.0 Å². The van der Waals surface area contributed by atoms with Gasteiger partial charge < -0.3 is 9.47 Å². The smallest absolute Gasteiger partial charge is 0.429 e. The lowest BCUT2D eigenvalue weighted by Crippen LogP contribution is -2.61. The number of carbonyl (C=O) groups excluding carboxylic acids is 2. The van der Waals surface area contributed by atoms with Crippen LogP contribution in [0.4, 0.5) is 9.59 Å². The highest BCUT2D eigenvalue weighted by atomic mass is 16.6. The van der Waals surface area contributed by atoms with Crippen molar-refractivity contribution in [2.75, 3.05) is 13.1 Å². The van der Waals surface area contributed by atoms with Gasteiger partial charge in [-0.05, 0) is 78.3 Å². The number of amides is 2. The summed E-state index contributed by atoms with van der Waals surface area (Å²) >= 11 is 0. The summed E-state index contributed by atoms with van der Waals surface area (Å²) in [6.07, 6.45) is 1.60. The van der Waals surface area contributed by atoms with Gasteiger partial charge in [0.05, 0.1) is 6.04 Å². The molecule has 0 atom stereocenters. The first-order valence-electron chi connectivity index (χ1n) is 11.1. The number of hydrazine groups is 1. The largest absolute Gasteiger partial charge is 0.443 e. The van der Waals surface area contributed by atoms with Crippen molar-refractivity contribution < 1.29 is 19.1 Å². The first-order chi connectivity index (χ1) is 14.3. The molecule has 1 saturated carbocycles. The zero-order chi connectivity index (χ0) is 22.9. The van der Waals surface area contributed by atoms with Gasteiger partial charge in [0.1, 0.15) is 11.2 Å². The molecule has 0 bridgehead atoms. The molecule has 1 saturated heterocycles. The molecule has 7 nitrogen and oxygen atoms in total. The summed E-state index contributed by atoms with van der Waals surface area (Å²) < 4.78 is 10.9. The van der Waals surface area contributed by atoms with Gasteiger partial charge in [-0.1, -0.05) is 30.3 Å². The number of ether oxygens (including phenoxy) is 2. The lowest BCUT2D eigenvalue weighted by molar-refractivity contribution is -0.0483. The maximum Gasteiger partial charge on any atom is 0.429 e. The molecular weight excluding hydrogens is 394 g/mol. The summed E-state index contributed by atoms with van der Waals surface area (Å²) in [5.74, 6) is 0. The fraction of sp³-hybridized carbons (Fsp3) is 0.667. The van der Waals surface area contributed by atoms with E-state index in [4.69, 9.17) is 9.47 Å². The van der Waals surface area contributed by atoms with Crippen LogP contribution in [0.5, 0.6) is 0 Å². The predicted molar refractivity (Wildman–Crippen MR) is 119 cm³/mol. The molecule has 1 spiro atoms. The van der Waals surface area contributed by atoms with Crippen molar-refractivity contribution in [2.45, 2.75) is 84.6 Å². The second kappa shape index (κ2) is 8.69. The highest BCUT2D eigenvalue weighted by Gasteiger charge is 2.52. The van der Waals surface area contributed by atoms with E-state index in [0.717, 1.165) is 38.9 Å². The average Bonchev–Trinajstić information content (AvgIpc) is 3.00. The predicted octanol–water partition coefficient (Wildman–Crippen LogP) is 4.72. The van der Waals surface area contributed by atoms with Crippen LogP contribution >= 0.6 is 0 Å². The molecule has 172 valence electrons. The summed E-state index contributed by atoms with van der Waals surface area (Å²) in [7, 11) is 0. The Morgan fingerprint density at radius 2 is 1.68 bits per heavy atom. The van der Waals surface area contributed by atoms with E-state index in [1.165, 1.54) is 10.6 Å². The second-order valence-electron chi connectivity index (χ2n) is 11.0. The maximum atomic E-state index is 12.8. The highest BCUT2D eigenvalue weighted by Crippen LogP contribution is 2.50. The van der Waals surface area contributed by atoms with Crippen LogP contribution in [0.25, 0.3) is 0 Å². The molecule has 2 fully saturated rings. The number of rotatable bonds is 3. The van der Waals surface area contributed by atoms with Crippen molar-refractivity contribution in [2.24, 2.45) is 5.41 Å². The molecule has 1 aromatic rings. The van der Waals surface area contributed by atoms with Crippen LogP contribution in [0.2, 0.25) is 0 Å². The van der Waals surface area contributed by atoms with E-state index in [1.54, 1.807) is 20.8 Å². The summed E-state index contributed by atoms with van der Waals surface area (Å²) in [6.45, 7) is 13.8. The van der Waals surface area contributed by atoms with Crippen LogP contribution in [0.1, 0.15) is 66.4 Å². The van der Waals surface area contributed by atoms with Crippen molar-refractivity contribution >= 4 is 12.2 Å². The second-order valence-corrected chi connectivity index (χ2v) is 11.0. The molecule has 0 unspecified atom stereocenters. The third-order valence-corrected chi connectivity index (χ3v) is 5.67. The summed E-state index contributed by atoms with van der Waals surface area (Å²) in [5.41, 5.74) is 2.85. The Bertz CT molecular complexity index is 776. The Balaban J connectivity index is 1.61. The number of hydrogen-bond donors (Lipinski definition) is 1. The van der Waals surface area contributed by atoms with E-state index in [-0.39, 0.29) is 11.5 Å². The lowest BCUT2D eigenvalue weighted by Gasteiger charge is -2.49. The van der Waals surface area contributed by atoms with Gasteiger partial charge in [0.25, 0.3) is 0 Å². The van der Waals surface area contributed by atoms with Gasteiger partial charge >= 0.3 is 12.2 Å². The van der Waals surface area contributed by atoms with E-state index < -0.39 is 23.4 Å². The van der Waals surface area contributed by atoms with Crippen molar-refractivity contribution in [1.29, 1.82) is 0 Å². The van der Waals surface area contributed by atoms with Gasteiger partial charge in [0.2, 0.25) is 0 Å². The van der Waals surface area contributed by atoms with Crippen LogP contribution in [-0.4, -0.2) is 52.4 Å². The zero-order valence-electron chi connectivity index (χ0n) is 19.7. The van der Waals surface area contributed by atoms with E-state index >= 15 is 0 Å². The Hall–Kier alpha value is -2.28.